The summed E-state index contributed by atoms with van der Waals surface area (Å²) in [5.74, 6) is 0.0550. The van der Waals surface area contributed by atoms with Crippen molar-refractivity contribution in [3.63, 3.8) is 0 Å². The predicted molar refractivity (Wildman–Crippen MR) is 70.6 cm³/mol. The van der Waals surface area contributed by atoms with E-state index in [1.54, 1.807) is 13.0 Å². The van der Waals surface area contributed by atoms with Crippen LogP contribution in [0.15, 0.2) is 17.7 Å². The van der Waals surface area contributed by atoms with Crippen molar-refractivity contribution in [1.82, 2.24) is 0 Å². The molecule has 1 aromatic carbocycles. The molecule has 0 aliphatic rings. The molecule has 0 aromatic heterocycles. The smallest absolute Gasteiger partial charge is 0.157 e. The summed E-state index contributed by atoms with van der Waals surface area (Å²) in [6, 6.07) is 2.97. The highest BCUT2D eigenvalue weighted by atomic mass is 16.5. The summed E-state index contributed by atoms with van der Waals surface area (Å²) >= 11 is 0. The maximum atomic E-state index is 11.0. The lowest BCUT2D eigenvalue weighted by atomic mass is 9.98. The fourth-order valence-electron chi connectivity index (χ4n) is 1.78. The lowest BCUT2D eigenvalue weighted by Gasteiger charge is -2.15. The van der Waals surface area contributed by atoms with Gasteiger partial charge in [-0.05, 0) is 30.2 Å². The van der Waals surface area contributed by atoms with Crippen LogP contribution in [0.2, 0.25) is 0 Å². The van der Waals surface area contributed by atoms with Gasteiger partial charge in [-0.25, -0.2) is 0 Å². The number of carbonyl (C=O) groups excluding carboxylic acids is 2. The highest BCUT2D eigenvalue weighted by Crippen LogP contribution is 2.35. The second-order valence-corrected chi connectivity index (χ2v) is 3.91. The van der Waals surface area contributed by atoms with Crippen LogP contribution in [0.4, 0.5) is 0 Å². The van der Waals surface area contributed by atoms with Crippen LogP contribution >= 0.6 is 0 Å². The molecule has 0 unspecified atom stereocenters. The molecule has 5 heteroatoms. The molecule has 0 aliphatic carbocycles. The molecule has 1 aromatic rings. The number of hydrogen-bond donors (Lipinski definition) is 1. The standard InChI is InChI=1S/C14H16O5/c1-9(6-15)12(8-18-2)10-4-5-13(17)11(7-16)14(10)19-3/h4-7,17H,8H2,1-3H3/b12-9-. The number of aldehydes is 2. The van der Waals surface area contributed by atoms with E-state index < -0.39 is 0 Å². The van der Waals surface area contributed by atoms with Gasteiger partial charge in [0.05, 0.1) is 19.3 Å². The Labute approximate surface area is 111 Å². The Balaban J connectivity index is 3.56. The number of benzene rings is 1. The molecule has 0 atom stereocenters. The van der Waals surface area contributed by atoms with Gasteiger partial charge in [0.1, 0.15) is 17.8 Å². The van der Waals surface area contributed by atoms with Gasteiger partial charge < -0.3 is 14.6 Å². The highest BCUT2D eigenvalue weighted by Gasteiger charge is 2.17. The maximum Gasteiger partial charge on any atom is 0.157 e. The molecule has 0 radical (unpaired) electrons. The monoisotopic (exact) mass is 264 g/mol. The minimum Gasteiger partial charge on any atom is -0.507 e. The molecule has 0 bridgehead atoms. The molecule has 0 heterocycles. The summed E-state index contributed by atoms with van der Waals surface area (Å²) in [4.78, 5) is 22.0. The Morgan fingerprint density at radius 3 is 2.47 bits per heavy atom. The van der Waals surface area contributed by atoms with Gasteiger partial charge in [0, 0.05) is 12.7 Å². The molecule has 0 fully saturated rings. The van der Waals surface area contributed by atoms with E-state index in [1.807, 2.05) is 0 Å². The van der Waals surface area contributed by atoms with Gasteiger partial charge in [0.25, 0.3) is 0 Å². The van der Waals surface area contributed by atoms with Crippen LogP contribution in [-0.4, -0.2) is 38.5 Å². The van der Waals surface area contributed by atoms with E-state index in [0.29, 0.717) is 29.3 Å². The van der Waals surface area contributed by atoms with Crippen molar-refractivity contribution in [3.05, 3.63) is 28.8 Å². The SMILES string of the molecule is COC/C(=C(\C)C=O)c1ccc(O)c(C=O)c1OC. The molecule has 0 amide bonds. The average Bonchev–Trinajstić information content (AvgIpc) is 2.43. The molecule has 102 valence electrons. The Kier molecular flexibility index (Phi) is 5.26. The minimum absolute atomic E-state index is 0.0484. The van der Waals surface area contributed by atoms with Crippen LogP contribution < -0.4 is 4.74 Å². The maximum absolute atomic E-state index is 11.0. The molecule has 0 spiro atoms. The fourth-order valence-corrected chi connectivity index (χ4v) is 1.78. The number of phenolic OH excluding ortho intramolecular Hbond substituents is 1. The highest BCUT2D eigenvalue weighted by molar-refractivity contribution is 5.93. The summed E-state index contributed by atoms with van der Waals surface area (Å²) in [7, 11) is 2.90. The van der Waals surface area contributed by atoms with E-state index in [9.17, 15) is 14.7 Å². The second-order valence-electron chi connectivity index (χ2n) is 3.91. The zero-order valence-electron chi connectivity index (χ0n) is 11.1. The Morgan fingerprint density at radius 2 is 2.00 bits per heavy atom. The van der Waals surface area contributed by atoms with Gasteiger partial charge in [0.2, 0.25) is 0 Å². The van der Waals surface area contributed by atoms with E-state index in [4.69, 9.17) is 9.47 Å². The molecule has 1 rings (SSSR count). The number of hydrogen-bond acceptors (Lipinski definition) is 5. The third-order valence-electron chi connectivity index (χ3n) is 2.76. The molecule has 5 nitrogen and oxygen atoms in total. The number of methoxy groups -OCH3 is 2. The van der Waals surface area contributed by atoms with Gasteiger partial charge in [-0.15, -0.1) is 0 Å². The summed E-state index contributed by atoms with van der Waals surface area (Å²) in [5, 5.41) is 9.63. The molecule has 19 heavy (non-hydrogen) atoms. The van der Waals surface area contributed by atoms with Crippen LogP contribution in [0, 0.1) is 0 Å². The number of ether oxygens (including phenoxy) is 2. The number of rotatable bonds is 6. The fraction of sp³-hybridized carbons (Fsp3) is 0.286. The van der Waals surface area contributed by atoms with Crippen molar-refractivity contribution in [1.29, 1.82) is 0 Å². The van der Waals surface area contributed by atoms with Crippen molar-refractivity contribution in [3.8, 4) is 11.5 Å². The second kappa shape index (κ2) is 6.70. The van der Waals surface area contributed by atoms with Crippen LogP contribution in [0.3, 0.4) is 0 Å². The van der Waals surface area contributed by atoms with Gasteiger partial charge >= 0.3 is 0 Å². The zero-order valence-corrected chi connectivity index (χ0v) is 11.1. The Hall–Kier alpha value is -2.14. The van der Waals surface area contributed by atoms with Gasteiger partial charge in [-0.3, -0.25) is 9.59 Å². The van der Waals surface area contributed by atoms with Gasteiger partial charge in [-0.1, -0.05) is 0 Å². The summed E-state index contributed by atoms with van der Waals surface area (Å²) in [6.07, 6.45) is 1.22. The first kappa shape index (κ1) is 14.9. The number of carbonyl (C=O) groups is 2. The number of allylic oxidation sites excluding steroid dienone is 1. The summed E-state index contributed by atoms with van der Waals surface area (Å²) in [5.41, 5.74) is 1.68. The molecular formula is C14H16O5. The molecule has 0 saturated carbocycles. The third-order valence-corrected chi connectivity index (χ3v) is 2.76. The van der Waals surface area contributed by atoms with E-state index in [-0.39, 0.29) is 23.7 Å². The number of aromatic hydroxyl groups is 1. The van der Waals surface area contributed by atoms with Crippen LogP contribution in [-0.2, 0) is 9.53 Å². The average molecular weight is 264 g/mol. The molecule has 0 aliphatic heterocycles. The van der Waals surface area contributed by atoms with Crippen molar-refractivity contribution < 1.29 is 24.2 Å². The van der Waals surface area contributed by atoms with E-state index >= 15 is 0 Å². The Bertz CT molecular complexity index is 517. The first-order valence-electron chi connectivity index (χ1n) is 5.60. The van der Waals surface area contributed by atoms with Gasteiger partial charge in [0.15, 0.2) is 6.29 Å². The van der Waals surface area contributed by atoms with E-state index in [0.717, 1.165) is 0 Å². The van der Waals surface area contributed by atoms with Crippen molar-refractivity contribution >= 4 is 18.1 Å². The van der Waals surface area contributed by atoms with Crippen molar-refractivity contribution in [2.45, 2.75) is 6.92 Å². The van der Waals surface area contributed by atoms with Crippen LogP contribution in [0.25, 0.3) is 5.57 Å². The van der Waals surface area contributed by atoms with E-state index in [1.165, 1.54) is 20.3 Å². The van der Waals surface area contributed by atoms with E-state index in [2.05, 4.69) is 0 Å². The zero-order chi connectivity index (χ0) is 14.4. The van der Waals surface area contributed by atoms with Crippen LogP contribution in [0.1, 0.15) is 22.8 Å². The van der Waals surface area contributed by atoms with Crippen LogP contribution in [0.5, 0.6) is 11.5 Å². The lowest BCUT2D eigenvalue weighted by Crippen LogP contribution is -2.03. The molecule has 0 saturated heterocycles. The van der Waals surface area contributed by atoms with Crippen molar-refractivity contribution in [2.75, 3.05) is 20.8 Å². The summed E-state index contributed by atoms with van der Waals surface area (Å²) < 4.78 is 10.2. The molecule has 1 N–H and O–H groups in total. The lowest BCUT2D eigenvalue weighted by molar-refractivity contribution is -0.104. The summed E-state index contributed by atoms with van der Waals surface area (Å²) in [6.45, 7) is 1.85. The quantitative estimate of drug-likeness (QED) is 0.627. The largest absolute Gasteiger partial charge is 0.507 e. The number of phenols is 1. The topological polar surface area (TPSA) is 72.8 Å². The molecular weight excluding hydrogens is 248 g/mol. The minimum atomic E-state index is -0.170. The van der Waals surface area contributed by atoms with Gasteiger partial charge in [-0.2, -0.15) is 0 Å². The first-order chi connectivity index (χ1) is 9.10. The first-order valence-corrected chi connectivity index (χ1v) is 5.60. The Morgan fingerprint density at radius 1 is 1.32 bits per heavy atom. The predicted octanol–water partition coefficient (Wildman–Crippen LogP) is 1.83. The third kappa shape index (κ3) is 3.00. The van der Waals surface area contributed by atoms with Crippen molar-refractivity contribution in [2.24, 2.45) is 0 Å². The normalized spacial score (nSPS) is 11.7.